The Hall–Kier alpha value is -3.39. The van der Waals surface area contributed by atoms with Gasteiger partial charge in [0, 0.05) is 33.3 Å². The minimum Gasteiger partial charge on any atom is -0.382 e. The van der Waals surface area contributed by atoms with Crippen molar-refractivity contribution in [2.24, 2.45) is 10.6 Å². The van der Waals surface area contributed by atoms with Gasteiger partial charge < -0.3 is 9.94 Å². The lowest BCUT2D eigenvalue weighted by Crippen LogP contribution is -2.26. The third-order valence-corrected chi connectivity index (χ3v) is 8.62. The van der Waals surface area contributed by atoms with E-state index in [1.165, 1.54) is 5.56 Å². The van der Waals surface area contributed by atoms with E-state index in [0.717, 1.165) is 33.8 Å². The highest BCUT2D eigenvalue weighted by Gasteiger charge is 2.25. The van der Waals surface area contributed by atoms with Crippen LogP contribution in [0.2, 0.25) is 0 Å². The van der Waals surface area contributed by atoms with Crippen molar-refractivity contribution in [3.63, 3.8) is 0 Å². The molecule has 0 aromatic heterocycles. The molecule has 1 atom stereocenters. The molecule has 0 bridgehead atoms. The van der Waals surface area contributed by atoms with Crippen molar-refractivity contribution >= 4 is 41.0 Å². The summed E-state index contributed by atoms with van der Waals surface area (Å²) in [5, 5.41) is 15.5. The average Bonchev–Trinajstić information content (AvgIpc) is 3.25. The summed E-state index contributed by atoms with van der Waals surface area (Å²) in [5.74, 6) is 0.892. The maximum Gasteiger partial charge on any atom is 0.340 e. The first-order valence-electron chi connectivity index (χ1n) is 15.1. The molecule has 0 fully saturated rings. The first-order valence-corrected chi connectivity index (χ1v) is 17.1. The Morgan fingerprint density at radius 3 is 2.51 bits per heavy atom. The number of Topliss-reactive ketones (excluding diaryl/α,β-unsaturated/α-hetero) is 1. The number of aryl methyl sites for hydroxylation is 1. The van der Waals surface area contributed by atoms with Gasteiger partial charge in [-0.1, -0.05) is 84.1 Å². The number of ketones is 1. The molecule has 1 aromatic carbocycles. The summed E-state index contributed by atoms with van der Waals surface area (Å²) in [6.07, 6.45) is 20.5. The van der Waals surface area contributed by atoms with Crippen molar-refractivity contribution in [1.82, 2.24) is 0 Å². The van der Waals surface area contributed by atoms with Crippen LogP contribution in [0.5, 0.6) is 0 Å². The Balaban J connectivity index is 2.11. The minimum absolute atomic E-state index is 0.0715. The van der Waals surface area contributed by atoms with Crippen molar-refractivity contribution in [3.05, 3.63) is 125 Å². The third-order valence-electron chi connectivity index (χ3n) is 6.64. The van der Waals surface area contributed by atoms with E-state index < -0.39 is 17.5 Å². The van der Waals surface area contributed by atoms with Gasteiger partial charge in [0.2, 0.25) is 0 Å². The molecule has 1 N–H and O–H groups in total. The van der Waals surface area contributed by atoms with E-state index in [-0.39, 0.29) is 5.78 Å². The zero-order valence-electron chi connectivity index (χ0n) is 27.3. The molecule has 0 heterocycles. The smallest absolute Gasteiger partial charge is 0.340 e. The number of aliphatic hydroxyl groups excluding tert-OH is 1. The number of rotatable bonds is 17. The summed E-state index contributed by atoms with van der Waals surface area (Å²) >= 11 is 3.28. The molecule has 1 aromatic rings. The highest BCUT2D eigenvalue weighted by atomic mass is 32.2. The molecule has 1 aliphatic carbocycles. The van der Waals surface area contributed by atoms with Crippen LogP contribution in [0.4, 0.5) is 0 Å². The van der Waals surface area contributed by atoms with E-state index in [2.05, 4.69) is 42.6 Å². The van der Waals surface area contributed by atoms with Crippen LogP contribution >= 0.6 is 23.5 Å². The number of hydrogen-bond donors (Lipinski definition) is 1. The van der Waals surface area contributed by atoms with E-state index >= 15 is 0 Å². The second kappa shape index (κ2) is 19.9. The van der Waals surface area contributed by atoms with Gasteiger partial charge >= 0.3 is 5.97 Å². The van der Waals surface area contributed by atoms with Crippen molar-refractivity contribution in [1.29, 1.82) is 0 Å². The number of benzene rings is 1. The SMILES string of the molecule is C=C/C=C(\C=C/CSC1=CC=C(C(=O)/C(C)=C/CCC=C)CC=C1)C(O)/C(CCSc1ccc(C)cc1)=N/OC(=O)C(C)(C)C. The number of hydrogen-bond acceptors (Lipinski definition) is 7. The highest BCUT2D eigenvalue weighted by molar-refractivity contribution is 8.03. The standard InChI is InChI=1S/C38H47NO4S2/c1-8-10-11-15-29(4)35(40)31-16-12-18-32(24-21-31)44-26-13-17-30(14-9-2)36(41)34(39-43-37(42)38(5,6)7)25-27-45-33-22-19-28(3)20-23-33/h8-9,12-15,17-24,36,41H,1-2,10-11,16,25-27H2,3-7H3/b17-13-,29-15+,30-14+,39-34+. The highest BCUT2D eigenvalue weighted by Crippen LogP contribution is 2.25. The van der Waals surface area contributed by atoms with Crippen molar-refractivity contribution in [2.75, 3.05) is 11.5 Å². The zero-order valence-corrected chi connectivity index (χ0v) is 28.9. The fourth-order valence-corrected chi connectivity index (χ4v) is 5.53. The van der Waals surface area contributed by atoms with E-state index in [0.29, 0.717) is 35.6 Å². The fraction of sp³-hybridized carbons (Fsp3) is 0.342. The van der Waals surface area contributed by atoms with Gasteiger partial charge in [0.25, 0.3) is 0 Å². The number of oxime groups is 1. The van der Waals surface area contributed by atoms with Gasteiger partial charge in [-0.3, -0.25) is 4.79 Å². The molecule has 45 heavy (non-hydrogen) atoms. The van der Waals surface area contributed by atoms with Crippen molar-refractivity contribution in [3.8, 4) is 0 Å². The lowest BCUT2D eigenvalue weighted by atomic mass is 9.98. The Labute approximate surface area is 278 Å². The van der Waals surface area contributed by atoms with Crippen LogP contribution in [0.15, 0.2) is 130 Å². The molecule has 7 heteroatoms. The van der Waals surface area contributed by atoms with Crippen LogP contribution in [-0.4, -0.2) is 40.2 Å². The van der Waals surface area contributed by atoms with E-state index in [1.807, 2.05) is 62.5 Å². The van der Waals surface area contributed by atoms with Gasteiger partial charge in [-0.25, -0.2) is 4.79 Å². The Kier molecular flexibility index (Phi) is 16.7. The minimum atomic E-state index is -1.08. The summed E-state index contributed by atoms with van der Waals surface area (Å²) in [6, 6.07) is 8.25. The lowest BCUT2D eigenvalue weighted by Gasteiger charge is -2.17. The molecule has 0 aliphatic heterocycles. The normalized spacial score (nSPS) is 15.3. The number of carbonyl (C=O) groups is 2. The monoisotopic (exact) mass is 645 g/mol. The Morgan fingerprint density at radius 1 is 1.11 bits per heavy atom. The number of carbonyl (C=O) groups excluding carboxylic acids is 2. The molecular weight excluding hydrogens is 599 g/mol. The first kappa shape index (κ1) is 37.8. The third kappa shape index (κ3) is 14.1. The quantitative estimate of drug-likeness (QED) is 0.0266. The number of aliphatic hydroxyl groups is 1. The fourth-order valence-electron chi connectivity index (χ4n) is 3.91. The summed E-state index contributed by atoms with van der Waals surface area (Å²) in [6.45, 7) is 16.7. The molecule has 0 radical (unpaired) electrons. The van der Waals surface area contributed by atoms with Crippen LogP contribution in [0.25, 0.3) is 0 Å². The van der Waals surface area contributed by atoms with Crippen LogP contribution in [0.3, 0.4) is 0 Å². The van der Waals surface area contributed by atoms with Crippen LogP contribution < -0.4 is 0 Å². The van der Waals surface area contributed by atoms with E-state index in [1.54, 1.807) is 56.4 Å². The first-order chi connectivity index (χ1) is 21.5. The predicted octanol–water partition coefficient (Wildman–Crippen LogP) is 9.44. The zero-order chi connectivity index (χ0) is 33.2. The maximum atomic E-state index is 12.8. The van der Waals surface area contributed by atoms with Gasteiger partial charge in [0.05, 0.1) is 11.1 Å². The van der Waals surface area contributed by atoms with Gasteiger partial charge in [-0.05, 0) is 83.2 Å². The molecule has 0 amide bonds. The molecule has 1 aliphatic rings. The number of allylic oxidation sites excluding steroid dienone is 10. The number of thioether (sulfide) groups is 2. The van der Waals surface area contributed by atoms with Gasteiger partial charge in [0.1, 0.15) is 6.10 Å². The molecule has 0 saturated carbocycles. The topological polar surface area (TPSA) is 76.0 Å². The molecule has 0 spiro atoms. The van der Waals surface area contributed by atoms with Crippen LogP contribution in [-0.2, 0) is 14.4 Å². The number of unbranched alkanes of at least 4 members (excludes halogenated alkanes) is 1. The molecular formula is C38H47NO4S2. The van der Waals surface area contributed by atoms with Crippen LogP contribution in [0.1, 0.15) is 58.9 Å². The second-order valence-electron chi connectivity index (χ2n) is 11.6. The average molecular weight is 646 g/mol. The van der Waals surface area contributed by atoms with Gasteiger partial charge in [-0.2, -0.15) is 0 Å². The summed E-state index contributed by atoms with van der Waals surface area (Å²) < 4.78 is 0. The molecule has 1 unspecified atom stereocenters. The maximum absolute atomic E-state index is 12.8. The van der Waals surface area contributed by atoms with E-state index in [4.69, 9.17) is 4.84 Å². The number of nitrogens with zero attached hydrogens (tertiary/aromatic N) is 1. The van der Waals surface area contributed by atoms with Crippen molar-refractivity contribution < 1.29 is 19.5 Å². The second-order valence-corrected chi connectivity index (χ2v) is 13.9. The lowest BCUT2D eigenvalue weighted by molar-refractivity contribution is -0.153. The van der Waals surface area contributed by atoms with E-state index in [9.17, 15) is 14.7 Å². The molecule has 5 nitrogen and oxygen atoms in total. The Morgan fingerprint density at radius 2 is 1.84 bits per heavy atom. The summed E-state index contributed by atoms with van der Waals surface area (Å²) in [4.78, 5) is 32.7. The van der Waals surface area contributed by atoms with Crippen LogP contribution in [0, 0.1) is 12.3 Å². The molecule has 0 saturated heterocycles. The molecule has 240 valence electrons. The van der Waals surface area contributed by atoms with Gasteiger partial charge in [0.15, 0.2) is 5.78 Å². The largest absolute Gasteiger partial charge is 0.382 e. The summed E-state index contributed by atoms with van der Waals surface area (Å²) in [5.41, 5.74) is 2.95. The van der Waals surface area contributed by atoms with Crippen molar-refractivity contribution in [2.45, 2.75) is 71.3 Å². The van der Waals surface area contributed by atoms with Gasteiger partial charge in [-0.15, -0.1) is 30.1 Å². The summed E-state index contributed by atoms with van der Waals surface area (Å²) in [7, 11) is 0. The Bertz CT molecular complexity index is 1400. The molecule has 2 rings (SSSR count). The predicted molar refractivity (Wildman–Crippen MR) is 194 cm³/mol.